The lowest BCUT2D eigenvalue weighted by molar-refractivity contribution is -0.588. The maximum absolute atomic E-state index is 4.44. The SMILES string of the molecule is CBr.CN(/C=C\[NH2+]CCCCCCBr)C/C=N/N(C)c1ccccc1. The Bertz CT molecular complexity index is 452. The van der Waals surface area contributed by atoms with Gasteiger partial charge in [-0.25, -0.2) is 0 Å². The topological polar surface area (TPSA) is 35.5 Å². The van der Waals surface area contributed by atoms with Crippen molar-refractivity contribution >= 4 is 43.8 Å². The van der Waals surface area contributed by atoms with Crippen LogP contribution in [0.3, 0.4) is 0 Å². The number of hydrazone groups is 1. The minimum absolute atomic E-state index is 0.798. The fourth-order valence-corrected chi connectivity index (χ4v) is 2.47. The van der Waals surface area contributed by atoms with Gasteiger partial charge in [-0.3, -0.25) is 5.01 Å². The second kappa shape index (κ2) is 18.0. The van der Waals surface area contributed by atoms with E-state index in [9.17, 15) is 0 Å². The van der Waals surface area contributed by atoms with Crippen molar-refractivity contribution in [2.75, 3.05) is 43.4 Å². The van der Waals surface area contributed by atoms with Gasteiger partial charge >= 0.3 is 0 Å². The van der Waals surface area contributed by atoms with E-state index in [1.54, 1.807) is 0 Å². The van der Waals surface area contributed by atoms with E-state index in [-0.39, 0.29) is 0 Å². The van der Waals surface area contributed by atoms with E-state index < -0.39 is 0 Å². The minimum Gasteiger partial charge on any atom is -0.371 e. The van der Waals surface area contributed by atoms with Crippen molar-refractivity contribution in [3.8, 4) is 0 Å². The fourth-order valence-electron chi connectivity index (χ4n) is 2.07. The molecule has 142 valence electrons. The average Bonchev–Trinajstić information content (AvgIpc) is 2.66. The highest BCUT2D eigenvalue weighted by Gasteiger charge is 1.95. The van der Waals surface area contributed by atoms with E-state index >= 15 is 0 Å². The lowest BCUT2D eigenvalue weighted by Gasteiger charge is -2.14. The van der Waals surface area contributed by atoms with Crippen LogP contribution in [0.1, 0.15) is 25.7 Å². The number of halogens is 2. The molecule has 1 rings (SSSR count). The Morgan fingerprint density at radius 3 is 2.40 bits per heavy atom. The van der Waals surface area contributed by atoms with Gasteiger partial charge in [-0.2, -0.15) is 5.10 Å². The van der Waals surface area contributed by atoms with Crippen molar-refractivity contribution < 1.29 is 5.32 Å². The third-order valence-electron chi connectivity index (χ3n) is 3.49. The number of unbranched alkanes of at least 4 members (excludes halogenated alkanes) is 3. The molecule has 0 spiro atoms. The van der Waals surface area contributed by atoms with Crippen LogP contribution in [-0.2, 0) is 0 Å². The lowest BCUT2D eigenvalue weighted by Crippen LogP contribution is -2.78. The van der Waals surface area contributed by atoms with Gasteiger partial charge in [-0.1, -0.05) is 56.5 Å². The number of hydrogen-bond donors (Lipinski definition) is 1. The van der Waals surface area contributed by atoms with Crippen molar-refractivity contribution in [3.05, 3.63) is 42.7 Å². The van der Waals surface area contributed by atoms with Gasteiger partial charge in [-0.05, 0) is 37.2 Å². The fraction of sp³-hybridized carbons (Fsp3) is 0.526. The molecule has 6 heteroatoms. The molecule has 0 fully saturated rings. The summed E-state index contributed by atoms with van der Waals surface area (Å²) in [5.41, 5.74) is 1.09. The predicted octanol–water partition coefficient (Wildman–Crippen LogP) is 4.04. The Morgan fingerprint density at radius 1 is 1.04 bits per heavy atom. The first-order chi connectivity index (χ1) is 12.2. The summed E-state index contributed by atoms with van der Waals surface area (Å²) in [6, 6.07) is 10.2. The Hall–Kier alpha value is -0.850. The smallest absolute Gasteiger partial charge is 0.109 e. The van der Waals surface area contributed by atoms with Crippen LogP contribution in [0.2, 0.25) is 0 Å². The molecule has 4 nitrogen and oxygen atoms in total. The Balaban J connectivity index is 0.00000277. The molecule has 0 amide bonds. The third-order valence-corrected chi connectivity index (χ3v) is 4.05. The van der Waals surface area contributed by atoms with Crippen LogP contribution in [0.15, 0.2) is 47.8 Å². The van der Waals surface area contributed by atoms with Crippen LogP contribution in [-0.4, -0.2) is 49.5 Å². The van der Waals surface area contributed by atoms with E-state index in [4.69, 9.17) is 0 Å². The molecule has 0 aliphatic rings. The van der Waals surface area contributed by atoms with Crippen LogP contribution in [0, 0.1) is 0 Å². The van der Waals surface area contributed by atoms with E-state index in [1.807, 2.05) is 54.4 Å². The summed E-state index contributed by atoms with van der Waals surface area (Å²) >= 11 is 6.40. The molecule has 0 aromatic heterocycles. The molecular weight excluding hydrogens is 444 g/mol. The molecule has 0 atom stereocenters. The highest BCUT2D eigenvalue weighted by atomic mass is 79.9. The third kappa shape index (κ3) is 14.0. The lowest BCUT2D eigenvalue weighted by atomic mass is 10.2. The number of quaternary nitrogens is 1. The summed E-state index contributed by atoms with van der Waals surface area (Å²) in [6.07, 6.45) is 11.4. The molecule has 1 aromatic carbocycles. The summed E-state index contributed by atoms with van der Waals surface area (Å²) < 4.78 is 0. The molecule has 0 bridgehead atoms. The zero-order valence-electron chi connectivity index (χ0n) is 15.7. The summed E-state index contributed by atoms with van der Waals surface area (Å²) in [7, 11) is 4.03. The van der Waals surface area contributed by atoms with E-state index in [0.29, 0.717) is 0 Å². The monoisotopic (exact) mass is 475 g/mol. The summed E-state index contributed by atoms with van der Waals surface area (Å²) in [5.74, 6) is 1.81. The van der Waals surface area contributed by atoms with Crippen LogP contribution in [0.5, 0.6) is 0 Å². The van der Waals surface area contributed by atoms with E-state index in [2.05, 4.69) is 66.6 Å². The summed E-state index contributed by atoms with van der Waals surface area (Å²) in [5, 5.41) is 9.70. The van der Waals surface area contributed by atoms with Crippen LogP contribution in [0.25, 0.3) is 0 Å². The molecule has 0 radical (unpaired) electrons. The van der Waals surface area contributed by atoms with Gasteiger partial charge in [0.05, 0.1) is 25.0 Å². The zero-order valence-corrected chi connectivity index (χ0v) is 18.9. The van der Waals surface area contributed by atoms with Gasteiger partial charge in [0.15, 0.2) is 0 Å². The number of alkyl halides is 2. The molecule has 0 aliphatic heterocycles. The number of anilines is 1. The summed E-state index contributed by atoms with van der Waals surface area (Å²) in [4.78, 5) is 2.13. The predicted molar refractivity (Wildman–Crippen MR) is 119 cm³/mol. The quantitative estimate of drug-likeness (QED) is 0.214. The number of nitrogens with zero attached hydrogens (tertiary/aromatic N) is 3. The van der Waals surface area contributed by atoms with Gasteiger partial charge in [0, 0.05) is 25.6 Å². The van der Waals surface area contributed by atoms with Crippen molar-refractivity contribution in [1.29, 1.82) is 0 Å². The number of nitrogens with two attached hydrogens (primary N) is 1. The second-order valence-corrected chi connectivity index (χ2v) is 6.36. The van der Waals surface area contributed by atoms with Crippen molar-refractivity contribution in [1.82, 2.24) is 4.90 Å². The minimum atomic E-state index is 0.798. The van der Waals surface area contributed by atoms with Gasteiger partial charge in [0.25, 0.3) is 0 Å². The second-order valence-electron chi connectivity index (χ2n) is 5.57. The van der Waals surface area contributed by atoms with Crippen LogP contribution < -0.4 is 10.3 Å². The van der Waals surface area contributed by atoms with Crippen molar-refractivity contribution in [2.24, 2.45) is 5.10 Å². The Kier molecular flexibility index (Phi) is 17.3. The number of rotatable bonds is 12. The van der Waals surface area contributed by atoms with Crippen molar-refractivity contribution in [3.63, 3.8) is 0 Å². The maximum Gasteiger partial charge on any atom is 0.109 e. The van der Waals surface area contributed by atoms with Crippen LogP contribution in [0.4, 0.5) is 5.69 Å². The molecule has 2 N–H and O–H groups in total. The highest BCUT2D eigenvalue weighted by molar-refractivity contribution is 9.09. The molecule has 25 heavy (non-hydrogen) atoms. The van der Waals surface area contributed by atoms with Gasteiger partial charge in [0.1, 0.15) is 6.20 Å². The molecule has 0 heterocycles. The molecule has 0 unspecified atom stereocenters. The van der Waals surface area contributed by atoms with Gasteiger partial charge < -0.3 is 10.2 Å². The molecule has 0 aliphatic carbocycles. The van der Waals surface area contributed by atoms with Crippen molar-refractivity contribution in [2.45, 2.75) is 25.7 Å². The average molecular weight is 477 g/mol. The summed E-state index contributed by atoms with van der Waals surface area (Å²) in [6.45, 7) is 1.96. The standard InChI is InChI=1S/C18H29BrN4.CH3Br/c1-22(16-14-20-13-9-4-3-8-12-19)17-15-21-23(2)18-10-6-5-7-11-18;1-2/h5-7,10-11,14-16,20H,3-4,8-9,12-13,17H2,1-2H3;1H3/p+1/b16-14-,21-15+;. The van der Waals surface area contributed by atoms with Gasteiger partial charge in [0.2, 0.25) is 0 Å². The molecule has 0 saturated heterocycles. The highest BCUT2D eigenvalue weighted by Crippen LogP contribution is 2.10. The van der Waals surface area contributed by atoms with Crippen LogP contribution >= 0.6 is 31.9 Å². The Labute approximate surface area is 170 Å². The van der Waals surface area contributed by atoms with E-state index in [1.165, 1.54) is 25.7 Å². The first kappa shape index (κ1) is 24.1. The van der Waals surface area contributed by atoms with E-state index in [0.717, 1.165) is 24.1 Å². The first-order valence-electron chi connectivity index (χ1n) is 8.69. The molecular formula is C19H33Br2N4+. The zero-order chi connectivity index (χ0) is 18.8. The molecule has 0 saturated carbocycles. The van der Waals surface area contributed by atoms with Gasteiger partial charge in [-0.15, -0.1) is 0 Å². The largest absolute Gasteiger partial charge is 0.371 e. The Morgan fingerprint density at radius 2 is 1.72 bits per heavy atom. The number of para-hydroxylation sites is 1. The molecule has 1 aromatic rings. The normalized spacial score (nSPS) is 10.8. The first-order valence-corrected chi connectivity index (χ1v) is 11.4. The number of benzene rings is 1. The maximum atomic E-state index is 4.44. The number of hydrogen-bond acceptors (Lipinski definition) is 3.